The van der Waals surface area contributed by atoms with Crippen molar-refractivity contribution in [2.24, 2.45) is 0 Å². The van der Waals surface area contributed by atoms with Crippen LogP contribution < -0.4 is 0 Å². The zero-order valence-electron chi connectivity index (χ0n) is 22.3. The lowest BCUT2D eigenvalue weighted by Crippen LogP contribution is -2.64. The van der Waals surface area contributed by atoms with Crippen LogP contribution in [0.15, 0.2) is 0 Å². The van der Waals surface area contributed by atoms with Crippen molar-refractivity contribution in [2.45, 2.75) is 152 Å². The first-order valence-electron chi connectivity index (χ1n) is 14.0. The van der Waals surface area contributed by atoms with Gasteiger partial charge in [0.05, 0.1) is 19.3 Å². The summed E-state index contributed by atoms with van der Waals surface area (Å²) in [5.74, 6) is 0. The minimum absolute atomic E-state index is 0.247. The molecule has 7 N–H and O–H groups in total. The van der Waals surface area contributed by atoms with Crippen LogP contribution in [0.25, 0.3) is 0 Å². The molecule has 2 fully saturated rings. The van der Waals surface area contributed by atoms with Gasteiger partial charge in [-0.15, -0.1) is 0 Å². The normalized spacial score (nSPS) is 37.5. The third kappa shape index (κ3) is 9.91. The summed E-state index contributed by atoms with van der Waals surface area (Å²) >= 11 is 0. The van der Waals surface area contributed by atoms with E-state index >= 15 is 0 Å². The summed E-state index contributed by atoms with van der Waals surface area (Å²) in [7, 11) is 0. The van der Waals surface area contributed by atoms with Gasteiger partial charge in [0.15, 0.2) is 12.6 Å². The Balaban J connectivity index is 1.77. The number of hydrogen-bond donors (Lipinski definition) is 7. The van der Waals surface area contributed by atoms with Crippen molar-refractivity contribution in [3.05, 3.63) is 0 Å². The molecule has 220 valence electrons. The molecule has 0 saturated carbocycles. The minimum Gasteiger partial charge on any atom is -0.394 e. The molecular formula is C26H50O11. The number of unbranched alkanes of at least 4 members (excludes halogenated alkanes) is 9. The molecule has 2 aliphatic heterocycles. The van der Waals surface area contributed by atoms with E-state index in [1.165, 1.54) is 51.4 Å². The van der Waals surface area contributed by atoms with Crippen molar-refractivity contribution in [3.8, 4) is 0 Å². The Hall–Kier alpha value is -0.440. The standard InChI is InChI=1S/C26H50O11/c1-3-4-5-6-7-8-9-10-11-12-13-16(2)34-25-23(33)21(31)24(18(15-28)36-25)37-26-22(32)20(30)19(29)17(14-27)35-26/h16-33H,3-15H2,1-2H3/t16?,17?,18?,19-,20?,21?,22?,23?,24-,25-,26-/m1/s1. The summed E-state index contributed by atoms with van der Waals surface area (Å²) in [5.41, 5.74) is 0. The fraction of sp³-hybridized carbons (Fsp3) is 1.00. The summed E-state index contributed by atoms with van der Waals surface area (Å²) in [6.07, 6.45) is -1.65. The number of aliphatic hydroxyl groups excluding tert-OH is 7. The molecule has 0 aromatic rings. The SMILES string of the molecule is CCCCCCCCCCCCC(C)O[C@@H]1OC(CO)[C@@H](O[C@H]2OC(CO)[C@@H](O)C(O)C2O)C(O)C1O. The van der Waals surface area contributed by atoms with E-state index in [4.69, 9.17) is 18.9 Å². The molecule has 0 amide bonds. The third-order valence-corrected chi connectivity index (χ3v) is 7.29. The zero-order valence-corrected chi connectivity index (χ0v) is 22.3. The van der Waals surface area contributed by atoms with Crippen LogP contribution in [-0.2, 0) is 18.9 Å². The lowest BCUT2D eigenvalue weighted by molar-refractivity contribution is -0.362. The lowest BCUT2D eigenvalue weighted by atomic mass is 9.97. The first-order chi connectivity index (χ1) is 17.7. The molecule has 11 atom stereocenters. The first kappa shape index (κ1) is 32.8. The largest absolute Gasteiger partial charge is 0.394 e. The average molecular weight is 539 g/mol. The van der Waals surface area contributed by atoms with Gasteiger partial charge in [0.2, 0.25) is 0 Å². The maximum absolute atomic E-state index is 10.7. The summed E-state index contributed by atoms with van der Waals surface area (Å²) in [5, 5.41) is 70.6. The molecule has 0 radical (unpaired) electrons. The minimum atomic E-state index is -1.70. The molecule has 2 heterocycles. The van der Waals surface area contributed by atoms with E-state index < -0.39 is 74.6 Å². The molecule has 2 saturated heterocycles. The molecule has 11 nitrogen and oxygen atoms in total. The Morgan fingerprint density at radius 3 is 1.70 bits per heavy atom. The van der Waals surface area contributed by atoms with Crippen LogP contribution in [0.3, 0.4) is 0 Å². The van der Waals surface area contributed by atoms with Gasteiger partial charge in [-0.05, 0) is 13.3 Å². The number of ether oxygens (including phenoxy) is 4. The van der Waals surface area contributed by atoms with Gasteiger partial charge >= 0.3 is 0 Å². The van der Waals surface area contributed by atoms with Gasteiger partial charge in [0.25, 0.3) is 0 Å². The molecule has 0 aliphatic carbocycles. The number of hydrogen-bond acceptors (Lipinski definition) is 11. The smallest absolute Gasteiger partial charge is 0.187 e. The Bertz CT molecular complexity index is 593. The van der Waals surface area contributed by atoms with Crippen molar-refractivity contribution in [1.82, 2.24) is 0 Å². The zero-order chi connectivity index (χ0) is 27.4. The van der Waals surface area contributed by atoms with Crippen LogP contribution in [0, 0.1) is 0 Å². The Kier molecular flexibility index (Phi) is 15.3. The lowest BCUT2D eigenvalue weighted by Gasteiger charge is -2.46. The Morgan fingerprint density at radius 2 is 1.14 bits per heavy atom. The Morgan fingerprint density at radius 1 is 0.622 bits per heavy atom. The molecule has 37 heavy (non-hydrogen) atoms. The van der Waals surface area contributed by atoms with Crippen molar-refractivity contribution in [2.75, 3.05) is 13.2 Å². The highest BCUT2D eigenvalue weighted by atomic mass is 16.7. The topological polar surface area (TPSA) is 179 Å². The molecule has 11 heteroatoms. The van der Waals surface area contributed by atoms with Gasteiger partial charge in [-0.25, -0.2) is 0 Å². The fourth-order valence-corrected chi connectivity index (χ4v) is 4.88. The predicted octanol–water partition coefficient (Wildman–Crippen LogP) is 0.327. The molecule has 0 aromatic carbocycles. The van der Waals surface area contributed by atoms with Gasteiger partial charge in [-0.3, -0.25) is 0 Å². The summed E-state index contributed by atoms with van der Waals surface area (Å²) in [6.45, 7) is 2.85. The summed E-state index contributed by atoms with van der Waals surface area (Å²) < 4.78 is 22.4. The quantitative estimate of drug-likeness (QED) is 0.127. The van der Waals surface area contributed by atoms with Gasteiger partial charge in [-0.1, -0.05) is 71.1 Å². The summed E-state index contributed by atoms with van der Waals surface area (Å²) in [4.78, 5) is 0. The maximum atomic E-state index is 10.7. The van der Waals surface area contributed by atoms with E-state index in [-0.39, 0.29) is 6.10 Å². The second-order valence-corrected chi connectivity index (χ2v) is 10.4. The second kappa shape index (κ2) is 17.3. The van der Waals surface area contributed by atoms with Gasteiger partial charge in [-0.2, -0.15) is 0 Å². The van der Waals surface area contributed by atoms with E-state index in [0.717, 1.165) is 19.3 Å². The number of rotatable bonds is 17. The monoisotopic (exact) mass is 538 g/mol. The summed E-state index contributed by atoms with van der Waals surface area (Å²) in [6, 6.07) is 0. The molecule has 0 spiro atoms. The predicted molar refractivity (Wildman–Crippen MR) is 133 cm³/mol. The third-order valence-electron chi connectivity index (χ3n) is 7.29. The number of aliphatic hydroxyl groups is 7. The van der Waals surface area contributed by atoms with Crippen LogP contribution in [0.1, 0.15) is 84.5 Å². The van der Waals surface area contributed by atoms with Crippen LogP contribution in [0.5, 0.6) is 0 Å². The van der Waals surface area contributed by atoms with E-state index in [9.17, 15) is 35.7 Å². The van der Waals surface area contributed by atoms with Crippen molar-refractivity contribution >= 4 is 0 Å². The molecule has 2 aliphatic rings. The van der Waals surface area contributed by atoms with Crippen molar-refractivity contribution in [1.29, 1.82) is 0 Å². The molecule has 7 unspecified atom stereocenters. The second-order valence-electron chi connectivity index (χ2n) is 10.4. The molecule has 2 rings (SSSR count). The van der Waals surface area contributed by atoms with Crippen molar-refractivity contribution in [3.63, 3.8) is 0 Å². The van der Waals surface area contributed by atoms with Crippen molar-refractivity contribution < 1.29 is 54.7 Å². The highest BCUT2D eigenvalue weighted by Gasteiger charge is 2.50. The van der Waals surface area contributed by atoms with E-state index in [0.29, 0.717) is 0 Å². The van der Waals surface area contributed by atoms with E-state index in [2.05, 4.69) is 6.92 Å². The molecule has 0 bridgehead atoms. The van der Waals surface area contributed by atoms with Gasteiger partial charge in [0.1, 0.15) is 48.8 Å². The van der Waals surface area contributed by atoms with Gasteiger partial charge in [0, 0.05) is 0 Å². The molecular weight excluding hydrogens is 488 g/mol. The van der Waals surface area contributed by atoms with Crippen LogP contribution >= 0.6 is 0 Å². The highest BCUT2D eigenvalue weighted by Crippen LogP contribution is 2.30. The van der Waals surface area contributed by atoms with E-state index in [1.807, 2.05) is 6.92 Å². The average Bonchev–Trinajstić information content (AvgIpc) is 2.89. The Labute approximate surface area is 220 Å². The van der Waals surface area contributed by atoms with Crippen LogP contribution in [0.2, 0.25) is 0 Å². The highest BCUT2D eigenvalue weighted by molar-refractivity contribution is 4.94. The van der Waals surface area contributed by atoms with E-state index in [1.54, 1.807) is 0 Å². The molecule has 0 aromatic heterocycles. The fourth-order valence-electron chi connectivity index (χ4n) is 4.88. The first-order valence-corrected chi connectivity index (χ1v) is 14.0. The van der Waals surface area contributed by atoms with Gasteiger partial charge < -0.3 is 54.7 Å². The van der Waals surface area contributed by atoms with Crippen LogP contribution in [-0.4, -0.2) is 116 Å². The maximum Gasteiger partial charge on any atom is 0.187 e. The van der Waals surface area contributed by atoms with Crippen LogP contribution in [0.4, 0.5) is 0 Å².